The van der Waals surface area contributed by atoms with E-state index in [4.69, 9.17) is 14.2 Å². The van der Waals surface area contributed by atoms with Gasteiger partial charge >= 0.3 is 17.9 Å². The minimum atomic E-state index is -0.870. The standard InChI is InChI=1S/C56H107NO7/c1-6-8-10-12-14-16-18-20-22-24-26-28-30-32-34-36-38-40-42-44-46-54(58)63-51-52(50-62-49-48-53(56(60)61)57(3,4)5)64-55(59)47-45-43-41-39-37-35-33-31-29-27-25-23-21-19-17-15-13-11-9-7-2/h26,28,52-53H,6-25,27,29-51H2,1-5H3/p+1/b28-26+. The van der Waals surface area contributed by atoms with Crippen LogP contribution in [0, 0.1) is 0 Å². The van der Waals surface area contributed by atoms with Crippen molar-refractivity contribution in [3.63, 3.8) is 0 Å². The van der Waals surface area contributed by atoms with Crippen LogP contribution < -0.4 is 0 Å². The van der Waals surface area contributed by atoms with Gasteiger partial charge in [-0.05, 0) is 38.5 Å². The maximum atomic E-state index is 12.8. The molecule has 378 valence electrons. The summed E-state index contributed by atoms with van der Waals surface area (Å²) >= 11 is 0. The molecule has 0 aliphatic carbocycles. The molecule has 0 amide bonds. The van der Waals surface area contributed by atoms with Gasteiger partial charge in [-0.2, -0.15) is 0 Å². The number of hydrogen-bond donors (Lipinski definition) is 1. The molecule has 0 fully saturated rings. The number of carboxylic acid groups (broad SMARTS) is 1. The number of carbonyl (C=O) groups excluding carboxylic acids is 2. The number of rotatable bonds is 51. The molecule has 0 aromatic heterocycles. The van der Waals surface area contributed by atoms with Gasteiger partial charge in [0.25, 0.3) is 0 Å². The van der Waals surface area contributed by atoms with Crippen molar-refractivity contribution < 1.29 is 38.2 Å². The van der Waals surface area contributed by atoms with E-state index in [-0.39, 0.29) is 36.2 Å². The van der Waals surface area contributed by atoms with Crippen LogP contribution in [-0.4, -0.2) is 80.6 Å². The number of likely N-dealkylation sites (N-methyl/N-ethyl adjacent to an activating group) is 1. The van der Waals surface area contributed by atoms with Gasteiger partial charge in [-0.1, -0.05) is 231 Å². The van der Waals surface area contributed by atoms with Crippen LogP contribution in [0.3, 0.4) is 0 Å². The third kappa shape index (κ3) is 45.2. The molecule has 0 aromatic rings. The van der Waals surface area contributed by atoms with Gasteiger partial charge in [0.15, 0.2) is 12.1 Å². The fraction of sp³-hybridized carbons (Fsp3) is 0.911. The summed E-state index contributed by atoms with van der Waals surface area (Å²) in [4.78, 5) is 37.2. The summed E-state index contributed by atoms with van der Waals surface area (Å²) in [6.45, 7) is 4.79. The fourth-order valence-corrected chi connectivity index (χ4v) is 8.62. The van der Waals surface area contributed by atoms with Crippen molar-refractivity contribution in [1.82, 2.24) is 0 Å². The lowest BCUT2D eigenvalue weighted by Gasteiger charge is -2.31. The van der Waals surface area contributed by atoms with Crippen molar-refractivity contribution in [2.24, 2.45) is 0 Å². The number of allylic oxidation sites excluding steroid dienone is 2. The molecule has 0 radical (unpaired) electrons. The number of esters is 2. The van der Waals surface area contributed by atoms with Gasteiger partial charge in [0.2, 0.25) is 0 Å². The first kappa shape index (κ1) is 62.1. The molecular weight excluding hydrogens is 799 g/mol. The summed E-state index contributed by atoms with van der Waals surface area (Å²) in [7, 11) is 5.55. The Morgan fingerprint density at radius 1 is 0.453 bits per heavy atom. The minimum absolute atomic E-state index is 0.0465. The van der Waals surface area contributed by atoms with Crippen LogP contribution in [0.4, 0.5) is 0 Å². The van der Waals surface area contributed by atoms with E-state index in [1.807, 2.05) is 21.1 Å². The van der Waals surface area contributed by atoms with E-state index in [1.165, 1.54) is 205 Å². The normalized spacial score (nSPS) is 12.8. The molecule has 64 heavy (non-hydrogen) atoms. The molecule has 1 N–H and O–H groups in total. The highest BCUT2D eigenvalue weighted by molar-refractivity contribution is 5.72. The highest BCUT2D eigenvalue weighted by Crippen LogP contribution is 2.17. The maximum absolute atomic E-state index is 12.8. The summed E-state index contributed by atoms with van der Waals surface area (Å²) in [6.07, 6.45) is 54.1. The third-order valence-electron chi connectivity index (χ3n) is 12.9. The Morgan fingerprint density at radius 2 is 0.781 bits per heavy atom. The van der Waals surface area contributed by atoms with Crippen molar-refractivity contribution in [3.05, 3.63) is 12.2 Å². The summed E-state index contributed by atoms with van der Waals surface area (Å²) in [5, 5.41) is 9.67. The highest BCUT2D eigenvalue weighted by atomic mass is 16.6. The minimum Gasteiger partial charge on any atom is -0.477 e. The molecule has 0 aliphatic rings. The lowest BCUT2D eigenvalue weighted by atomic mass is 10.0. The van der Waals surface area contributed by atoms with E-state index < -0.39 is 18.1 Å². The Morgan fingerprint density at radius 3 is 1.12 bits per heavy atom. The Kier molecular flexibility index (Phi) is 46.1. The number of unbranched alkanes of at least 4 members (excludes halogenated alkanes) is 35. The number of aliphatic carboxylic acids is 1. The van der Waals surface area contributed by atoms with Crippen LogP contribution >= 0.6 is 0 Å². The quantitative estimate of drug-likeness (QED) is 0.0281. The van der Waals surface area contributed by atoms with Crippen molar-refractivity contribution in [1.29, 1.82) is 0 Å². The zero-order chi connectivity index (χ0) is 47.0. The number of carboxylic acids is 1. The van der Waals surface area contributed by atoms with E-state index in [0.29, 0.717) is 19.3 Å². The molecule has 0 bridgehead atoms. The molecule has 2 unspecified atom stereocenters. The molecule has 0 saturated heterocycles. The number of nitrogens with zero attached hydrogens (tertiary/aromatic N) is 1. The predicted octanol–water partition coefficient (Wildman–Crippen LogP) is 16.2. The molecule has 0 rings (SSSR count). The van der Waals surface area contributed by atoms with Crippen molar-refractivity contribution in [2.75, 3.05) is 41.0 Å². The summed E-state index contributed by atoms with van der Waals surface area (Å²) in [5.41, 5.74) is 0. The van der Waals surface area contributed by atoms with Crippen LogP contribution in [0.15, 0.2) is 12.2 Å². The number of quaternary nitrogens is 1. The second-order valence-electron chi connectivity index (χ2n) is 20.2. The molecule has 0 spiro atoms. The van der Waals surface area contributed by atoms with E-state index in [9.17, 15) is 19.5 Å². The first-order valence-electron chi connectivity index (χ1n) is 27.7. The van der Waals surface area contributed by atoms with E-state index in [2.05, 4.69) is 26.0 Å². The predicted molar refractivity (Wildman–Crippen MR) is 271 cm³/mol. The molecule has 8 nitrogen and oxygen atoms in total. The van der Waals surface area contributed by atoms with Crippen molar-refractivity contribution in [3.8, 4) is 0 Å². The summed E-state index contributed by atoms with van der Waals surface area (Å²) < 4.78 is 17.4. The molecule has 0 heterocycles. The van der Waals surface area contributed by atoms with Crippen molar-refractivity contribution in [2.45, 2.75) is 289 Å². The van der Waals surface area contributed by atoms with Gasteiger partial charge in [0.1, 0.15) is 6.61 Å². The summed E-state index contributed by atoms with van der Waals surface area (Å²) in [5.74, 6) is -1.45. The largest absolute Gasteiger partial charge is 0.477 e. The Hall–Kier alpha value is -1.93. The second kappa shape index (κ2) is 47.6. The Labute approximate surface area is 397 Å². The average Bonchev–Trinajstić information content (AvgIpc) is 3.26. The molecule has 0 aliphatic heterocycles. The van der Waals surface area contributed by atoms with Gasteiger partial charge in [0, 0.05) is 19.3 Å². The van der Waals surface area contributed by atoms with E-state index in [1.54, 1.807) is 0 Å². The van der Waals surface area contributed by atoms with Gasteiger partial charge in [0.05, 0.1) is 34.4 Å². The van der Waals surface area contributed by atoms with Crippen LogP contribution in [0.5, 0.6) is 0 Å². The zero-order valence-electron chi connectivity index (χ0n) is 43.3. The van der Waals surface area contributed by atoms with Gasteiger partial charge in [-0.25, -0.2) is 4.79 Å². The van der Waals surface area contributed by atoms with Crippen LogP contribution in [0.2, 0.25) is 0 Å². The van der Waals surface area contributed by atoms with Gasteiger partial charge in [-0.15, -0.1) is 0 Å². The van der Waals surface area contributed by atoms with Crippen molar-refractivity contribution >= 4 is 17.9 Å². The van der Waals surface area contributed by atoms with Gasteiger partial charge < -0.3 is 23.8 Å². The van der Waals surface area contributed by atoms with E-state index in [0.717, 1.165) is 38.5 Å². The lowest BCUT2D eigenvalue weighted by Crippen LogP contribution is -2.50. The van der Waals surface area contributed by atoms with Crippen LogP contribution in [-0.2, 0) is 28.6 Å². The third-order valence-corrected chi connectivity index (χ3v) is 12.9. The highest BCUT2D eigenvalue weighted by Gasteiger charge is 2.31. The Balaban J connectivity index is 4.17. The first-order chi connectivity index (χ1) is 31.1. The molecule has 2 atom stereocenters. The smallest absolute Gasteiger partial charge is 0.362 e. The maximum Gasteiger partial charge on any atom is 0.362 e. The first-order valence-corrected chi connectivity index (χ1v) is 27.7. The fourth-order valence-electron chi connectivity index (χ4n) is 8.62. The lowest BCUT2D eigenvalue weighted by molar-refractivity contribution is -0.887. The molecular formula is C56H108NO7+. The number of hydrogen-bond acceptors (Lipinski definition) is 6. The monoisotopic (exact) mass is 907 g/mol. The van der Waals surface area contributed by atoms with Crippen LogP contribution in [0.25, 0.3) is 0 Å². The average molecular weight is 907 g/mol. The Bertz CT molecular complexity index is 1060. The van der Waals surface area contributed by atoms with E-state index >= 15 is 0 Å². The SMILES string of the molecule is CCCCCCCCCCC/C=C/CCCCCCCCCC(=O)OCC(COCCC(C(=O)O)[N+](C)(C)C)OC(=O)CCCCCCCCCCCCCCCCCCCCCC. The molecule has 0 saturated carbocycles. The second-order valence-corrected chi connectivity index (χ2v) is 20.2. The topological polar surface area (TPSA) is 99.1 Å². The number of ether oxygens (including phenoxy) is 3. The molecule has 8 heteroatoms. The van der Waals surface area contributed by atoms with Gasteiger partial charge in [-0.3, -0.25) is 9.59 Å². The van der Waals surface area contributed by atoms with Crippen LogP contribution in [0.1, 0.15) is 277 Å². The molecule has 0 aromatic carbocycles. The summed E-state index contributed by atoms with van der Waals surface area (Å²) in [6, 6.07) is -0.612. The zero-order valence-corrected chi connectivity index (χ0v) is 43.3. The number of carbonyl (C=O) groups is 3.